The fourth-order valence-electron chi connectivity index (χ4n) is 3.19. The van der Waals surface area contributed by atoms with Gasteiger partial charge in [-0.15, -0.1) is 0 Å². The van der Waals surface area contributed by atoms with Crippen molar-refractivity contribution in [1.29, 1.82) is 0 Å². The predicted octanol–water partition coefficient (Wildman–Crippen LogP) is 4.80. The van der Waals surface area contributed by atoms with Gasteiger partial charge >= 0.3 is 7.60 Å². The summed E-state index contributed by atoms with van der Waals surface area (Å²) in [5.74, 6) is 1.53. The molecule has 0 saturated carbocycles. The maximum atomic E-state index is 12.9. The molecule has 1 atom stereocenters. The molecule has 0 amide bonds. The maximum absolute atomic E-state index is 12.9. The van der Waals surface area contributed by atoms with Gasteiger partial charge in [0.1, 0.15) is 6.10 Å². The Labute approximate surface area is 145 Å². The van der Waals surface area contributed by atoms with E-state index in [0.29, 0.717) is 36.0 Å². The van der Waals surface area contributed by atoms with Gasteiger partial charge in [-0.2, -0.15) is 0 Å². The number of hydrogen-bond donors (Lipinski definition) is 1. The van der Waals surface area contributed by atoms with Crippen molar-refractivity contribution in [1.82, 2.24) is 4.57 Å². The SMILES string of the molecule is CC1(C)COP(=O)(/C=C2\CC(O)c3c(Cl)c4ccccc4n32)OC1. The second kappa shape index (κ2) is 5.45. The highest BCUT2D eigenvalue weighted by atomic mass is 35.5. The van der Waals surface area contributed by atoms with Gasteiger partial charge in [0.25, 0.3) is 0 Å². The molecule has 3 heterocycles. The highest BCUT2D eigenvalue weighted by molar-refractivity contribution is 7.57. The van der Waals surface area contributed by atoms with Crippen LogP contribution < -0.4 is 0 Å². The van der Waals surface area contributed by atoms with E-state index < -0.39 is 13.7 Å². The first kappa shape index (κ1) is 16.4. The first-order chi connectivity index (χ1) is 11.3. The smallest absolute Gasteiger partial charge is 0.355 e. The molecular formula is C17H19ClNO4P. The van der Waals surface area contributed by atoms with Gasteiger partial charge in [0.2, 0.25) is 0 Å². The lowest BCUT2D eigenvalue weighted by Gasteiger charge is -2.32. The van der Waals surface area contributed by atoms with Crippen LogP contribution in [0.4, 0.5) is 0 Å². The Hall–Kier alpha value is -1.10. The summed E-state index contributed by atoms with van der Waals surface area (Å²) in [6, 6.07) is 7.65. The van der Waals surface area contributed by atoms with Crippen molar-refractivity contribution in [2.24, 2.45) is 5.41 Å². The third-order valence-corrected chi connectivity index (χ3v) is 6.42. The highest BCUT2D eigenvalue weighted by Gasteiger charge is 2.38. The summed E-state index contributed by atoms with van der Waals surface area (Å²) in [4.78, 5) is 0. The van der Waals surface area contributed by atoms with Crippen molar-refractivity contribution < 1.29 is 18.7 Å². The molecule has 2 aromatic rings. The topological polar surface area (TPSA) is 60.7 Å². The molecule has 1 fully saturated rings. The minimum absolute atomic E-state index is 0.157. The number of fused-ring (bicyclic) bond motifs is 3. The lowest BCUT2D eigenvalue weighted by molar-refractivity contribution is 0.0457. The number of aliphatic hydroxyl groups excluding tert-OH is 1. The van der Waals surface area contributed by atoms with Gasteiger partial charge in [0.15, 0.2) is 0 Å². The molecule has 0 bridgehead atoms. The molecule has 1 aromatic carbocycles. The lowest BCUT2D eigenvalue weighted by atomic mass is 9.97. The first-order valence-electron chi connectivity index (χ1n) is 7.87. The highest BCUT2D eigenvalue weighted by Crippen LogP contribution is 2.58. The number of aromatic nitrogens is 1. The number of aliphatic hydroxyl groups is 1. The van der Waals surface area contributed by atoms with Crippen LogP contribution in [0.1, 0.15) is 32.1 Å². The average Bonchev–Trinajstić information content (AvgIpc) is 3.01. The van der Waals surface area contributed by atoms with Crippen LogP contribution in [0.3, 0.4) is 0 Å². The molecular weight excluding hydrogens is 349 g/mol. The Morgan fingerprint density at radius 2 is 2.00 bits per heavy atom. The van der Waals surface area contributed by atoms with Crippen molar-refractivity contribution >= 4 is 35.8 Å². The fraction of sp³-hybridized carbons (Fsp3) is 0.412. The van der Waals surface area contributed by atoms with Crippen LogP contribution in [0.25, 0.3) is 16.6 Å². The van der Waals surface area contributed by atoms with Gasteiger partial charge in [-0.05, 0) is 6.07 Å². The summed E-state index contributed by atoms with van der Waals surface area (Å²) < 4.78 is 25.8. The van der Waals surface area contributed by atoms with Gasteiger partial charge in [0, 0.05) is 28.7 Å². The maximum Gasteiger partial charge on any atom is 0.355 e. The largest absolute Gasteiger partial charge is 0.386 e. The van der Waals surface area contributed by atoms with Gasteiger partial charge in [-0.25, -0.2) is 0 Å². The van der Waals surface area contributed by atoms with Crippen molar-refractivity contribution in [3.8, 4) is 0 Å². The van der Waals surface area contributed by atoms with Crippen molar-refractivity contribution in [2.45, 2.75) is 26.4 Å². The molecule has 2 aliphatic rings. The molecule has 7 heteroatoms. The summed E-state index contributed by atoms with van der Waals surface area (Å²) in [7, 11) is -3.33. The zero-order valence-corrected chi connectivity index (χ0v) is 15.2. The van der Waals surface area contributed by atoms with Crippen LogP contribution in [0, 0.1) is 5.41 Å². The van der Waals surface area contributed by atoms with E-state index >= 15 is 0 Å². The molecule has 1 unspecified atom stereocenters. The third kappa shape index (κ3) is 2.56. The number of rotatable bonds is 1. The van der Waals surface area contributed by atoms with Crippen molar-refractivity contribution in [3.05, 3.63) is 40.8 Å². The minimum atomic E-state index is -3.33. The van der Waals surface area contributed by atoms with E-state index in [1.165, 1.54) is 5.82 Å². The third-order valence-electron chi connectivity index (χ3n) is 4.43. The van der Waals surface area contributed by atoms with Gasteiger partial charge in [-0.3, -0.25) is 4.57 Å². The van der Waals surface area contributed by atoms with Crippen LogP contribution in [0.2, 0.25) is 5.02 Å². The quantitative estimate of drug-likeness (QED) is 0.736. The van der Waals surface area contributed by atoms with Crippen LogP contribution in [0.5, 0.6) is 0 Å². The summed E-state index contributed by atoms with van der Waals surface area (Å²) >= 11 is 6.44. The number of benzene rings is 1. The molecule has 5 nitrogen and oxygen atoms in total. The Morgan fingerprint density at radius 3 is 2.71 bits per heavy atom. The molecule has 0 radical (unpaired) electrons. The van der Waals surface area contributed by atoms with Crippen LogP contribution >= 0.6 is 19.2 Å². The van der Waals surface area contributed by atoms with E-state index in [0.717, 1.165) is 10.9 Å². The molecule has 0 aliphatic carbocycles. The van der Waals surface area contributed by atoms with Crippen LogP contribution in [-0.2, 0) is 13.6 Å². The molecule has 2 aliphatic heterocycles. The fourth-order valence-corrected chi connectivity index (χ4v) is 5.43. The minimum Gasteiger partial charge on any atom is -0.386 e. The second-order valence-corrected chi connectivity index (χ2v) is 9.38. The molecule has 1 saturated heterocycles. The normalized spacial score (nSPS) is 26.8. The number of para-hydroxylation sites is 1. The molecule has 1 aromatic heterocycles. The number of halogens is 1. The molecule has 128 valence electrons. The lowest BCUT2D eigenvalue weighted by Crippen LogP contribution is -2.28. The zero-order chi connectivity index (χ0) is 17.1. The van der Waals surface area contributed by atoms with E-state index in [-0.39, 0.29) is 5.41 Å². The summed E-state index contributed by atoms with van der Waals surface area (Å²) in [6.45, 7) is 4.74. The summed E-state index contributed by atoms with van der Waals surface area (Å²) in [5.41, 5.74) is 2.05. The van der Waals surface area contributed by atoms with Crippen LogP contribution in [0.15, 0.2) is 30.1 Å². The monoisotopic (exact) mass is 367 g/mol. The van der Waals surface area contributed by atoms with E-state index in [4.69, 9.17) is 20.6 Å². The molecule has 1 N–H and O–H groups in total. The van der Waals surface area contributed by atoms with Crippen LogP contribution in [-0.4, -0.2) is 22.9 Å². The van der Waals surface area contributed by atoms with E-state index in [1.54, 1.807) is 0 Å². The Bertz CT molecular complexity index is 887. The van der Waals surface area contributed by atoms with Gasteiger partial charge in [0.05, 0.1) is 29.4 Å². The Kier molecular flexibility index (Phi) is 3.72. The molecule has 24 heavy (non-hydrogen) atoms. The number of nitrogens with zero attached hydrogens (tertiary/aromatic N) is 1. The standard InChI is InChI=1S/C17H19ClNO4P/c1-17(2)9-22-24(21,23-10-17)8-11-7-14(20)16-15(18)12-5-3-4-6-13(12)19(11)16/h3-6,8,14,20H,7,9-10H2,1-2H3/b11-8+. The average molecular weight is 368 g/mol. The van der Waals surface area contributed by atoms with Crippen molar-refractivity contribution in [2.75, 3.05) is 13.2 Å². The van der Waals surface area contributed by atoms with E-state index in [2.05, 4.69) is 0 Å². The predicted molar refractivity (Wildman–Crippen MR) is 94.1 cm³/mol. The molecule has 0 spiro atoms. The summed E-state index contributed by atoms with van der Waals surface area (Å²) in [6.07, 6.45) is -0.399. The Balaban J connectivity index is 1.81. The molecule has 4 rings (SSSR count). The summed E-state index contributed by atoms with van der Waals surface area (Å²) in [5, 5.41) is 11.8. The van der Waals surface area contributed by atoms with E-state index in [9.17, 15) is 9.67 Å². The van der Waals surface area contributed by atoms with Gasteiger partial charge < -0.3 is 18.7 Å². The van der Waals surface area contributed by atoms with Gasteiger partial charge in [-0.1, -0.05) is 43.6 Å². The second-order valence-electron chi connectivity index (χ2n) is 7.14. The Morgan fingerprint density at radius 1 is 1.33 bits per heavy atom. The zero-order valence-electron chi connectivity index (χ0n) is 13.5. The van der Waals surface area contributed by atoms with E-state index in [1.807, 2.05) is 42.7 Å². The first-order valence-corrected chi connectivity index (χ1v) is 9.86. The number of hydrogen-bond acceptors (Lipinski definition) is 4. The van der Waals surface area contributed by atoms with Crippen molar-refractivity contribution in [3.63, 3.8) is 0 Å².